The lowest BCUT2D eigenvalue weighted by Crippen LogP contribution is -2.26. The van der Waals surface area contributed by atoms with E-state index in [4.69, 9.17) is 0 Å². The number of hydrogen-bond donors (Lipinski definition) is 0. The van der Waals surface area contributed by atoms with E-state index in [9.17, 15) is 0 Å². The molecule has 1 heterocycles. The van der Waals surface area contributed by atoms with Crippen LogP contribution in [0.15, 0.2) is 200 Å². The predicted molar refractivity (Wildman–Crippen MR) is 243 cm³/mol. The summed E-state index contributed by atoms with van der Waals surface area (Å²) in [5.41, 5.74) is 21.6. The zero-order valence-electron chi connectivity index (χ0n) is 31.5. The highest BCUT2D eigenvalue weighted by Gasteiger charge is 2.41. The number of hydrogen-bond acceptors (Lipinski definition) is 1. The van der Waals surface area contributed by atoms with Gasteiger partial charge >= 0.3 is 0 Å². The van der Waals surface area contributed by atoms with E-state index in [1.807, 2.05) is 11.3 Å². The second-order valence-corrected chi connectivity index (χ2v) is 16.9. The van der Waals surface area contributed by atoms with Crippen LogP contribution in [0.5, 0.6) is 0 Å². The van der Waals surface area contributed by atoms with Crippen LogP contribution in [-0.4, -0.2) is 0 Å². The molecule has 268 valence electrons. The monoisotopic (exact) mass is 742 g/mol. The van der Waals surface area contributed by atoms with Gasteiger partial charge in [-0.15, -0.1) is 11.3 Å². The molecule has 1 aromatic heterocycles. The van der Waals surface area contributed by atoms with Crippen molar-refractivity contribution in [1.82, 2.24) is 0 Å². The van der Waals surface area contributed by atoms with E-state index in [0.29, 0.717) is 11.8 Å². The maximum atomic E-state index is 2.50. The van der Waals surface area contributed by atoms with Gasteiger partial charge in [-0.1, -0.05) is 170 Å². The molecule has 0 bridgehead atoms. The molecule has 3 aliphatic carbocycles. The first kappa shape index (κ1) is 32.7. The molecule has 12 rings (SSSR count). The summed E-state index contributed by atoms with van der Waals surface area (Å²) in [5, 5.41) is 2.68. The normalized spacial score (nSPS) is 16.5. The molecule has 0 N–H and O–H groups in total. The summed E-state index contributed by atoms with van der Waals surface area (Å²) >= 11 is 1.87. The molecule has 57 heavy (non-hydrogen) atoms. The topological polar surface area (TPSA) is 0 Å². The molecule has 3 aliphatic rings. The van der Waals surface area contributed by atoms with Crippen molar-refractivity contribution in [3.05, 3.63) is 222 Å². The molecule has 1 heteroatoms. The number of benzene rings is 8. The molecule has 9 aromatic rings. The van der Waals surface area contributed by atoms with Crippen LogP contribution in [0.25, 0.3) is 81.4 Å². The van der Waals surface area contributed by atoms with E-state index >= 15 is 0 Å². The Hall–Kier alpha value is -6.54. The lowest BCUT2D eigenvalue weighted by molar-refractivity contribution is 0.666. The lowest BCUT2D eigenvalue weighted by atomic mass is 9.60. The average Bonchev–Trinajstić information content (AvgIpc) is 3.67. The number of allylic oxidation sites excluding steroid dienone is 4. The fraction of sp³-hybridized carbons (Fsp3) is 0.0714. The van der Waals surface area contributed by atoms with E-state index in [2.05, 4.69) is 194 Å². The first-order chi connectivity index (χ1) is 28.2. The Bertz CT molecular complexity index is 3120. The minimum Gasteiger partial charge on any atom is -0.135 e. The smallest absolute Gasteiger partial charge is 0.0361 e. The van der Waals surface area contributed by atoms with Crippen LogP contribution in [0.1, 0.15) is 46.9 Å². The third-order valence-corrected chi connectivity index (χ3v) is 13.9. The second-order valence-electron chi connectivity index (χ2n) is 15.9. The third kappa shape index (κ3) is 5.27. The average molecular weight is 743 g/mol. The van der Waals surface area contributed by atoms with Gasteiger partial charge in [0, 0.05) is 32.0 Å². The molecule has 2 unspecified atom stereocenters. The maximum Gasteiger partial charge on any atom is 0.0361 e. The van der Waals surface area contributed by atoms with Crippen molar-refractivity contribution >= 4 is 37.1 Å². The third-order valence-electron chi connectivity index (χ3n) is 12.8. The van der Waals surface area contributed by atoms with Crippen molar-refractivity contribution in [3.8, 4) is 55.6 Å². The predicted octanol–water partition coefficient (Wildman–Crippen LogP) is 15.7. The highest BCUT2D eigenvalue weighted by Crippen LogP contribution is 2.59. The minimum absolute atomic E-state index is 0.306. The molecule has 0 saturated heterocycles. The van der Waals surface area contributed by atoms with Crippen LogP contribution >= 0.6 is 11.3 Å². The summed E-state index contributed by atoms with van der Waals surface area (Å²) in [6, 6.07) is 68.3. The van der Waals surface area contributed by atoms with Gasteiger partial charge in [0.1, 0.15) is 0 Å². The van der Waals surface area contributed by atoms with Gasteiger partial charge in [-0.3, -0.25) is 0 Å². The number of rotatable bonds is 4. The molecule has 0 fully saturated rings. The lowest BCUT2D eigenvalue weighted by Gasteiger charge is -2.43. The molecule has 8 aromatic carbocycles. The first-order valence-electron chi connectivity index (χ1n) is 20.2. The van der Waals surface area contributed by atoms with Crippen molar-refractivity contribution in [2.75, 3.05) is 0 Å². The molecular weight excluding hydrogens is 705 g/mol. The van der Waals surface area contributed by atoms with Crippen molar-refractivity contribution in [1.29, 1.82) is 0 Å². The molecule has 0 radical (unpaired) electrons. The Kier molecular flexibility index (Phi) is 7.46. The summed E-state index contributed by atoms with van der Waals surface area (Å²) in [6.45, 7) is 0. The summed E-state index contributed by atoms with van der Waals surface area (Å²) in [6.07, 6.45) is 7.06. The van der Waals surface area contributed by atoms with E-state index in [1.54, 1.807) is 0 Å². The van der Waals surface area contributed by atoms with Gasteiger partial charge in [-0.2, -0.15) is 0 Å². The van der Waals surface area contributed by atoms with Gasteiger partial charge in [0.2, 0.25) is 0 Å². The summed E-state index contributed by atoms with van der Waals surface area (Å²) in [7, 11) is 0. The van der Waals surface area contributed by atoms with Gasteiger partial charge in [-0.05, 0) is 126 Å². The number of fused-ring (bicyclic) bond motifs is 13. The van der Waals surface area contributed by atoms with Crippen LogP contribution in [0.4, 0.5) is 0 Å². The standard InChI is InChI=1S/C56H38S/c1-4-16-49-43(12-1)44-13-2-6-18-51(44)56-52-33-41(28-30-46(52)45-14-3-5-17-50(45)55(49)56)38-26-22-36(23-27-38)35-20-24-37(25-21-35)39-10-9-11-40(32-39)42-29-31-48-47-15-7-8-19-53(47)57-54(48)34-42/h1,3-12,14-34,55-56H,2,13H2. The van der Waals surface area contributed by atoms with Gasteiger partial charge in [0.15, 0.2) is 0 Å². The Morgan fingerprint density at radius 2 is 0.912 bits per heavy atom. The van der Waals surface area contributed by atoms with Gasteiger partial charge < -0.3 is 0 Å². The van der Waals surface area contributed by atoms with Gasteiger partial charge in [0.05, 0.1) is 0 Å². The highest BCUT2D eigenvalue weighted by molar-refractivity contribution is 7.25. The molecule has 0 spiro atoms. The van der Waals surface area contributed by atoms with E-state index in [0.717, 1.165) is 12.8 Å². The van der Waals surface area contributed by atoms with Gasteiger partial charge in [0.25, 0.3) is 0 Å². The van der Waals surface area contributed by atoms with Crippen molar-refractivity contribution in [2.24, 2.45) is 0 Å². The van der Waals surface area contributed by atoms with Gasteiger partial charge in [-0.25, -0.2) is 0 Å². The molecular formula is C56H38S. The summed E-state index contributed by atoms with van der Waals surface area (Å²) < 4.78 is 2.68. The molecule has 0 nitrogen and oxygen atoms in total. The molecule has 0 amide bonds. The van der Waals surface area contributed by atoms with Crippen molar-refractivity contribution in [2.45, 2.75) is 24.7 Å². The highest BCUT2D eigenvalue weighted by atomic mass is 32.1. The molecule has 0 aliphatic heterocycles. The Labute approximate surface area is 337 Å². The fourth-order valence-electron chi connectivity index (χ4n) is 10.1. The van der Waals surface area contributed by atoms with E-state index < -0.39 is 0 Å². The van der Waals surface area contributed by atoms with Crippen LogP contribution in [0.2, 0.25) is 0 Å². The Morgan fingerprint density at radius 1 is 0.368 bits per heavy atom. The van der Waals surface area contributed by atoms with Crippen LogP contribution in [-0.2, 0) is 0 Å². The zero-order valence-corrected chi connectivity index (χ0v) is 32.3. The van der Waals surface area contributed by atoms with Crippen LogP contribution in [0.3, 0.4) is 0 Å². The zero-order chi connectivity index (χ0) is 37.5. The first-order valence-corrected chi connectivity index (χ1v) is 21.0. The molecule has 0 saturated carbocycles. The van der Waals surface area contributed by atoms with Crippen molar-refractivity contribution in [3.63, 3.8) is 0 Å². The second kappa shape index (κ2) is 13.0. The quantitative estimate of drug-likeness (QED) is 0.168. The minimum atomic E-state index is 0.306. The van der Waals surface area contributed by atoms with Crippen LogP contribution in [0, 0.1) is 0 Å². The Balaban J connectivity index is 0.849. The molecule has 2 atom stereocenters. The largest absolute Gasteiger partial charge is 0.135 e. The van der Waals surface area contributed by atoms with Crippen molar-refractivity contribution < 1.29 is 0 Å². The summed E-state index contributed by atoms with van der Waals surface area (Å²) in [4.78, 5) is 0. The maximum absolute atomic E-state index is 2.50. The number of thiophene rings is 1. The fourth-order valence-corrected chi connectivity index (χ4v) is 11.3. The van der Waals surface area contributed by atoms with Crippen LogP contribution < -0.4 is 0 Å². The summed E-state index contributed by atoms with van der Waals surface area (Å²) in [5.74, 6) is 0.617. The van der Waals surface area contributed by atoms with E-state index in [1.165, 1.54) is 109 Å². The SMILES string of the molecule is C1=CC2=C(CC1)c1ccccc1C1c3ccccc3-c3ccc(-c4ccc(-c5ccc(-c6cccc(-c7ccc8c(c7)sc7ccccc78)c6)cc5)cc4)cc3C21. The Morgan fingerprint density at radius 3 is 1.68 bits per heavy atom. The van der Waals surface area contributed by atoms with E-state index in [-0.39, 0.29) is 0 Å².